The van der Waals surface area contributed by atoms with Crippen LogP contribution >= 0.6 is 0 Å². The number of amides is 3. The highest BCUT2D eigenvalue weighted by Gasteiger charge is 2.40. The van der Waals surface area contributed by atoms with E-state index in [-0.39, 0.29) is 51.1 Å². The zero-order chi connectivity index (χ0) is 26.4. The highest BCUT2D eigenvalue weighted by Crippen LogP contribution is 2.34. The van der Waals surface area contributed by atoms with Crippen molar-refractivity contribution in [2.45, 2.75) is 38.6 Å². The molecular weight excluding hydrogens is 422 g/mol. The molecular formula is C25H27N3O5. The lowest BCUT2D eigenvalue weighted by molar-refractivity contribution is -0.136. The topological polar surface area (TPSA) is 88.2 Å². The molecule has 1 unspecified atom stereocenters. The third-order valence-corrected chi connectivity index (χ3v) is 6.01. The van der Waals surface area contributed by atoms with Crippen molar-refractivity contribution in [3.63, 3.8) is 0 Å². The molecule has 2 fully saturated rings. The van der Waals surface area contributed by atoms with Crippen molar-refractivity contribution in [2.75, 3.05) is 26.2 Å². The van der Waals surface area contributed by atoms with Crippen molar-refractivity contribution >= 4 is 17.7 Å². The Bertz CT molecular complexity index is 1220. The average molecular weight is 454 g/mol. The van der Waals surface area contributed by atoms with E-state index in [0.717, 1.165) is 11.1 Å². The summed E-state index contributed by atoms with van der Waals surface area (Å²) in [5.74, 6) is -0.511. The van der Waals surface area contributed by atoms with Gasteiger partial charge >= 0.3 is 0 Å². The first-order valence-electron chi connectivity index (χ1n) is 12.9. The Kier molecular flexibility index (Phi) is 4.88. The molecule has 33 heavy (non-hydrogen) atoms. The maximum atomic E-state index is 13.0. The van der Waals surface area contributed by atoms with Crippen LogP contribution < -0.4 is 10.1 Å². The minimum Gasteiger partial charge on any atom is -0.489 e. The molecule has 2 aromatic rings. The largest absolute Gasteiger partial charge is 0.489 e. The summed E-state index contributed by atoms with van der Waals surface area (Å²) in [7, 11) is 0. The molecule has 8 nitrogen and oxygen atoms in total. The van der Waals surface area contributed by atoms with Gasteiger partial charge in [-0.25, -0.2) is 0 Å². The van der Waals surface area contributed by atoms with E-state index >= 15 is 0 Å². The van der Waals surface area contributed by atoms with E-state index in [9.17, 15) is 14.4 Å². The van der Waals surface area contributed by atoms with Gasteiger partial charge in [0.15, 0.2) is 0 Å². The Labute approximate surface area is 198 Å². The lowest BCUT2D eigenvalue weighted by Crippen LogP contribution is -2.52. The Morgan fingerprint density at radius 3 is 2.58 bits per heavy atom. The lowest BCUT2D eigenvalue weighted by atomic mass is 10.0. The second-order valence-corrected chi connectivity index (χ2v) is 8.18. The standard InChI is InChI=1S/C25H27N3O5/c29-23-9-8-21(24(30)26-23)28-15-20-19(25(28)31)2-1-3-22(20)33-16-18-6-4-17(5-7-18)14-27-10-12-32-13-11-27/h1-7,21H,8-16H2,(H,26,29,30)/i10D2,11D2. The number of carbonyl (C=O) groups is 3. The van der Waals surface area contributed by atoms with Crippen LogP contribution in [0.15, 0.2) is 42.5 Å². The van der Waals surface area contributed by atoms with E-state index in [1.807, 2.05) is 24.3 Å². The summed E-state index contributed by atoms with van der Waals surface area (Å²) in [6, 6.07) is 11.8. The first kappa shape index (κ1) is 17.3. The third-order valence-electron chi connectivity index (χ3n) is 6.01. The fourth-order valence-electron chi connectivity index (χ4n) is 4.24. The smallest absolute Gasteiger partial charge is 0.255 e. The summed E-state index contributed by atoms with van der Waals surface area (Å²) in [6.45, 7) is -3.68. The van der Waals surface area contributed by atoms with Gasteiger partial charge in [0.05, 0.1) is 19.8 Å². The number of benzene rings is 2. The number of imide groups is 1. The van der Waals surface area contributed by atoms with Crippen LogP contribution in [0.1, 0.15) is 45.4 Å². The van der Waals surface area contributed by atoms with Crippen molar-refractivity contribution < 1.29 is 29.3 Å². The molecule has 0 aromatic heterocycles. The maximum absolute atomic E-state index is 13.0. The van der Waals surface area contributed by atoms with Gasteiger partial charge in [-0.1, -0.05) is 30.3 Å². The van der Waals surface area contributed by atoms with Gasteiger partial charge in [-0.05, 0) is 29.7 Å². The molecule has 3 aliphatic rings. The molecule has 2 saturated heterocycles. The molecule has 3 heterocycles. The van der Waals surface area contributed by atoms with Crippen molar-refractivity contribution in [3.8, 4) is 5.75 Å². The SMILES string of the molecule is [2H]C1([2H])COCC([2H])([2H])N1Cc1ccc(COc2cccc3c2CN(C2CCC(=O)NC2=O)C3=O)cc1. The lowest BCUT2D eigenvalue weighted by Gasteiger charge is -2.29. The number of rotatable bonds is 6. The number of hydrogen-bond donors (Lipinski definition) is 1. The summed E-state index contributed by atoms with van der Waals surface area (Å²) in [4.78, 5) is 39.4. The van der Waals surface area contributed by atoms with Crippen LogP contribution in [-0.4, -0.2) is 59.8 Å². The van der Waals surface area contributed by atoms with E-state index in [1.165, 1.54) is 9.80 Å². The van der Waals surface area contributed by atoms with Gasteiger partial charge in [-0.15, -0.1) is 0 Å². The number of nitrogens with one attached hydrogen (secondary N) is 1. The van der Waals surface area contributed by atoms with Gasteiger partial charge in [0.1, 0.15) is 18.4 Å². The summed E-state index contributed by atoms with van der Waals surface area (Å²) in [6.07, 6.45) is 0.483. The van der Waals surface area contributed by atoms with Crippen LogP contribution in [0.25, 0.3) is 0 Å². The molecule has 172 valence electrons. The highest BCUT2D eigenvalue weighted by molar-refractivity contribution is 6.05. The summed E-state index contributed by atoms with van der Waals surface area (Å²) in [5, 5.41) is 2.30. The summed E-state index contributed by atoms with van der Waals surface area (Å²) >= 11 is 0. The zero-order valence-electron chi connectivity index (χ0n) is 22.0. The zero-order valence-corrected chi connectivity index (χ0v) is 18.0. The second-order valence-electron chi connectivity index (χ2n) is 8.18. The molecule has 1 N–H and O–H groups in total. The molecule has 1 atom stereocenters. The Hall–Kier alpha value is -3.23. The molecule has 5 rings (SSSR count). The number of ether oxygens (including phenoxy) is 2. The van der Waals surface area contributed by atoms with Crippen LogP contribution in [0.4, 0.5) is 0 Å². The van der Waals surface area contributed by atoms with E-state index in [2.05, 4.69) is 5.32 Å². The molecule has 8 heteroatoms. The molecule has 0 radical (unpaired) electrons. The van der Waals surface area contributed by atoms with Crippen LogP contribution in [0.3, 0.4) is 0 Å². The minimum atomic E-state index is -1.92. The van der Waals surface area contributed by atoms with Crippen LogP contribution in [0.2, 0.25) is 0 Å². The van der Waals surface area contributed by atoms with Crippen molar-refractivity contribution in [2.24, 2.45) is 0 Å². The monoisotopic (exact) mass is 453 g/mol. The third kappa shape index (κ3) is 4.62. The van der Waals surface area contributed by atoms with E-state index in [0.29, 0.717) is 23.3 Å². The molecule has 3 amide bonds. The minimum absolute atomic E-state index is 0.0922. The molecule has 0 spiro atoms. The highest BCUT2D eigenvalue weighted by atomic mass is 16.5. The number of fused-ring (bicyclic) bond motifs is 1. The first-order chi connectivity index (χ1) is 17.5. The van der Waals surface area contributed by atoms with Crippen molar-refractivity contribution in [1.29, 1.82) is 0 Å². The summed E-state index contributed by atoms with van der Waals surface area (Å²) in [5.41, 5.74) is 2.78. The van der Waals surface area contributed by atoms with E-state index in [4.69, 9.17) is 15.0 Å². The van der Waals surface area contributed by atoms with Gasteiger partial charge < -0.3 is 14.4 Å². The second kappa shape index (κ2) is 9.33. The predicted molar refractivity (Wildman–Crippen MR) is 119 cm³/mol. The molecule has 0 aliphatic carbocycles. The fraction of sp³-hybridized carbons (Fsp3) is 0.400. The number of carbonyl (C=O) groups excluding carboxylic acids is 3. The van der Waals surface area contributed by atoms with Gasteiger partial charge in [0.2, 0.25) is 11.8 Å². The van der Waals surface area contributed by atoms with Crippen LogP contribution in [-0.2, 0) is 34.0 Å². The number of morpholine rings is 1. The van der Waals surface area contributed by atoms with E-state index < -0.39 is 24.9 Å². The molecule has 3 aliphatic heterocycles. The maximum Gasteiger partial charge on any atom is 0.255 e. The van der Waals surface area contributed by atoms with E-state index in [1.54, 1.807) is 18.2 Å². The van der Waals surface area contributed by atoms with Gasteiger partial charge in [0.25, 0.3) is 5.91 Å². The number of nitrogens with zero attached hydrogens (tertiary/aromatic N) is 2. The predicted octanol–water partition coefficient (Wildman–Crippen LogP) is 1.86. The molecule has 2 aromatic carbocycles. The quantitative estimate of drug-likeness (QED) is 0.672. The number of hydrogen-bond acceptors (Lipinski definition) is 6. The van der Waals surface area contributed by atoms with Crippen molar-refractivity contribution in [1.82, 2.24) is 15.1 Å². The number of piperidine rings is 1. The van der Waals surface area contributed by atoms with Crippen LogP contribution in [0.5, 0.6) is 5.75 Å². The first-order valence-corrected chi connectivity index (χ1v) is 10.9. The van der Waals surface area contributed by atoms with Crippen molar-refractivity contribution in [3.05, 3.63) is 64.7 Å². The average Bonchev–Trinajstić information content (AvgIpc) is 3.17. The Balaban J connectivity index is 1.24. The van der Waals surface area contributed by atoms with Gasteiger partial charge in [-0.3, -0.25) is 24.6 Å². The normalized spacial score (nSPS) is 26.0. The molecule has 0 saturated carbocycles. The van der Waals surface area contributed by atoms with Crippen LogP contribution in [0, 0.1) is 0 Å². The Morgan fingerprint density at radius 2 is 1.82 bits per heavy atom. The molecule has 0 bridgehead atoms. The Morgan fingerprint density at radius 1 is 1.06 bits per heavy atom. The van der Waals surface area contributed by atoms with Gasteiger partial charge in [-0.2, -0.15) is 0 Å². The summed E-state index contributed by atoms with van der Waals surface area (Å²) < 4.78 is 43.6. The van der Waals surface area contributed by atoms with Gasteiger partial charge in [0, 0.05) is 42.6 Å². The fourth-order valence-corrected chi connectivity index (χ4v) is 4.24.